The van der Waals surface area contributed by atoms with Gasteiger partial charge in [0, 0.05) is 16.8 Å². The summed E-state index contributed by atoms with van der Waals surface area (Å²) in [6.07, 6.45) is 7.04. The Bertz CT molecular complexity index is 563. The number of nitrogens with one attached hydrogen (secondary N) is 1. The monoisotopic (exact) mass is 376 g/mol. The Morgan fingerprint density at radius 1 is 1.19 bits per heavy atom. The Kier molecular flexibility index (Phi) is 6.45. The van der Waals surface area contributed by atoms with Gasteiger partial charge >= 0.3 is 0 Å². The number of rotatable bonds is 5. The molecule has 2 aliphatic rings. The summed E-state index contributed by atoms with van der Waals surface area (Å²) in [5, 5.41) is 5.55. The van der Waals surface area contributed by atoms with Gasteiger partial charge in [-0.05, 0) is 81.3 Å². The summed E-state index contributed by atoms with van der Waals surface area (Å²) in [5.74, 6) is 1.25. The van der Waals surface area contributed by atoms with Gasteiger partial charge in [-0.2, -0.15) is 0 Å². The molecule has 1 saturated heterocycles. The van der Waals surface area contributed by atoms with Crippen LogP contribution in [-0.2, 0) is 4.79 Å². The van der Waals surface area contributed by atoms with Gasteiger partial charge in [0.25, 0.3) is 0 Å². The van der Waals surface area contributed by atoms with Crippen molar-refractivity contribution in [1.82, 2.24) is 10.2 Å². The molecule has 0 radical (unpaired) electrons. The van der Waals surface area contributed by atoms with E-state index in [4.69, 9.17) is 0 Å². The van der Waals surface area contributed by atoms with Gasteiger partial charge in [0.15, 0.2) is 0 Å². The van der Waals surface area contributed by atoms with Crippen molar-refractivity contribution in [2.75, 3.05) is 13.1 Å². The summed E-state index contributed by atoms with van der Waals surface area (Å²) in [4.78, 5) is 16.9. The van der Waals surface area contributed by atoms with E-state index in [1.54, 1.807) is 0 Å². The fraction of sp³-hybridized carbons (Fsp3) is 0.773. The number of carbonyl (C=O) groups excluding carboxylic acids is 1. The lowest BCUT2D eigenvalue weighted by molar-refractivity contribution is -0.127. The molecule has 3 nitrogen and oxygen atoms in total. The minimum atomic E-state index is 0.166. The first-order chi connectivity index (χ1) is 12.4. The highest BCUT2D eigenvalue weighted by Gasteiger charge is 2.35. The largest absolute Gasteiger partial charge is 0.351 e. The van der Waals surface area contributed by atoms with E-state index >= 15 is 0 Å². The van der Waals surface area contributed by atoms with Crippen molar-refractivity contribution in [2.45, 2.75) is 78.3 Å². The third kappa shape index (κ3) is 4.69. The second-order valence-electron chi connectivity index (χ2n) is 9.42. The number of likely N-dealkylation sites (tertiary alicyclic amines) is 1. The van der Waals surface area contributed by atoms with E-state index in [-0.39, 0.29) is 17.9 Å². The number of hydrogen-bond acceptors (Lipinski definition) is 3. The van der Waals surface area contributed by atoms with Gasteiger partial charge in [0.2, 0.25) is 5.91 Å². The van der Waals surface area contributed by atoms with E-state index in [0.29, 0.717) is 11.5 Å². The zero-order valence-electron chi connectivity index (χ0n) is 17.0. The van der Waals surface area contributed by atoms with Crippen molar-refractivity contribution in [3.63, 3.8) is 0 Å². The average molecular weight is 377 g/mol. The van der Waals surface area contributed by atoms with Crippen molar-refractivity contribution in [3.05, 3.63) is 22.4 Å². The molecular formula is C22H36N2OS. The van der Waals surface area contributed by atoms with Crippen LogP contribution in [0.1, 0.15) is 77.1 Å². The molecule has 2 heterocycles. The molecule has 4 heteroatoms. The predicted octanol–water partition coefficient (Wildman–Crippen LogP) is 5.24. The number of amides is 1. The van der Waals surface area contributed by atoms with E-state index in [0.717, 1.165) is 31.8 Å². The molecule has 1 N–H and O–H groups in total. The summed E-state index contributed by atoms with van der Waals surface area (Å²) in [6.45, 7) is 11.5. The lowest BCUT2D eigenvalue weighted by Crippen LogP contribution is -2.46. The Balaban J connectivity index is 1.59. The van der Waals surface area contributed by atoms with Crippen molar-refractivity contribution in [3.8, 4) is 0 Å². The molecular weight excluding hydrogens is 340 g/mol. The van der Waals surface area contributed by atoms with Crippen LogP contribution in [0.4, 0.5) is 0 Å². The molecule has 146 valence electrons. The second kappa shape index (κ2) is 8.43. The normalized spacial score (nSPS) is 27.2. The fourth-order valence-electron chi connectivity index (χ4n) is 4.86. The molecule has 1 aromatic rings. The molecule has 2 atom stereocenters. The zero-order valence-corrected chi connectivity index (χ0v) is 17.8. The van der Waals surface area contributed by atoms with Crippen LogP contribution in [-0.4, -0.2) is 29.9 Å². The van der Waals surface area contributed by atoms with E-state index in [1.165, 1.54) is 30.6 Å². The summed E-state index contributed by atoms with van der Waals surface area (Å²) >= 11 is 1.82. The SMILES string of the molecule is C[C@@H](NC(=O)C1CCC(C(C)(C)C)CC1)[C@@H](c1cccs1)N1CCCC1. The third-order valence-corrected chi connectivity index (χ3v) is 7.48. The van der Waals surface area contributed by atoms with E-state index in [9.17, 15) is 4.79 Å². The average Bonchev–Trinajstić information content (AvgIpc) is 3.29. The molecule has 26 heavy (non-hydrogen) atoms. The highest BCUT2D eigenvalue weighted by molar-refractivity contribution is 7.10. The molecule has 1 saturated carbocycles. The quantitative estimate of drug-likeness (QED) is 0.762. The molecule has 3 rings (SSSR count). The predicted molar refractivity (Wildman–Crippen MR) is 110 cm³/mol. The lowest BCUT2D eigenvalue weighted by atomic mass is 9.69. The molecule has 2 fully saturated rings. The number of carbonyl (C=O) groups is 1. The van der Waals surface area contributed by atoms with Gasteiger partial charge < -0.3 is 5.32 Å². The molecule has 0 bridgehead atoms. The Morgan fingerprint density at radius 2 is 1.85 bits per heavy atom. The molecule has 0 unspecified atom stereocenters. The van der Waals surface area contributed by atoms with E-state index < -0.39 is 0 Å². The van der Waals surface area contributed by atoms with Crippen molar-refractivity contribution in [1.29, 1.82) is 0 Å². The first-order valence-electron chi connectivity index (χ1n) is 10.4. The van der Waals surface area contributed by atoms with Crippen molar-refractivity contribution >= 4 is 17.2 Å². The van der Waals surface area contributed by atoms with Gasteiger partial charge in [0.05, 0.1) is 6.04 Å². The fourth-order valence-corrected chi connectivity index (χ4v) is 5.83. The molecule has 1 aromatic heterocycles. The highest BCUT2D eigenvalue weighted by atomic mass is 32.1. The maximum atomic E-state index is 12.9. The maximum absolute atomic E-state index is 12.9. The molecule has 1 aliphatic heterocycles. The van der Waals surface area contributed by atoms with Crippen LogP contribution >= 0.6 is 11.3 Å². The number of nitrogens with zero attached hydrogens (tertiary/aromatic N) is 1. The second-order valence-corrected chi connectivity index (χ2v) is 10.4. The summed E-state index contributed by atoms with van der Waals surface area (Å²) < 4.78 is 0. The van der Waals surface area contributed by atoms with Crippen LogP contribution < -0.4 is 5.32 Å². The topological polar surface area (TPSA) is 32.3 Å². The van der Waals surface area contributed by atoms with E-state index in [2.05, 4.69) is 55.4 Å². The van der Waals surface area contributed by atoms with Gasteiger partial charge in [0.1, 0.15) is 0 Å². The Labute approximate surface area is 163 Å². The van der Waals surface area contributed by atoms with Gasteiger partial charge in [-0.25, -0.2) is 0 Å². The van der Waals surface area contributed by atoms with Crippen molar-refractivity contribution < 1.29 is 4.79 Å². The minimum Gasteiger partial charge on any atom is -0.351 e. The van der Waals surface area contributed by atoms with Gasteiger partial charge in [-0.1, -0.05) is 26.8 Å². The zero-order chi connectivity index (χ0) is 18.7. The summed E-state index contributed by atoms with van der Waals surface area (Å²) in [5.41, 5.74) is 0.370. The first-order valence-corrected chi connectivity index (χ1v) is 11.3. The Morgan fingerprint density at radius 3 is 2.38 bits per heavy atom. The molecule has 1 aliphatic carbocycles. The van der Waals surface area contributed by atoms with Crippen molar-refractivity contribution in [2.24, 2.45) is 17.3 Å². The lowest BCUT2D eigenvalue weighted by Gasteiger charge is -2.37. The minimum absolute atomic E-state index is 0.166. The summed E-state index contributed by atoms with van der Waals surface area (Å²) in [6, 6.07) is 4.85. The smallest absolute Gasteiger partial charge is 0.223 e. The van der Waals surface area contributed by atoms with Crippen LogP contribution in [0.25, 0.3) is 0 Å². The summed E-state index contributed by atoms with van der Waals surface area (Å²) in [7, 11) is 0. The third-order valence-electron chi connectivity index (χ3n) is 6.53. The maximum Gasteiger partial charge on any atom is 0.223 e. The standard InChI is InChI=1S/C22H36N2OS/c1-16(20(19-8-7-15-26-19)24-13-5-6-14-24)23-21(25)17-9-11-18(12-10-17)22(2,3)4/h7-8,15-18,20H,5-6,9-14H2,1-4H3,(H,23,25)/t16-,17?,18?,20+/m1/s1. The Hall–Kier alpha value is -0.870. The molecule has 0 spiro atoms. The molecule has 0 aromatic carbocycles. The number of hydrogen-bond donors (Lipinski definition) is 1. The van der Waals surface area contributed by atoms with Gasteiger partial charge in [-0.3, -0.25) is 9.69 Å². The van der Waals surface area contributed by atoms with Crippen LogP contribution in [0, 0.1) is 17.3 Å². The van der Waals surface area contributed by atoms with Crippen LogP contribution in [0.2, 0.25) is 0 Å². The highest BCUT2D eigenvalue weighted by Crippen LogP contribution is 2.40. The van der Waals surface area contributed by atoms with Crippen LogP contribution in [0.5, 0.6) is 0 Å². The van der Waals surface area contributed by atoms with E-state index in [1.807, 2.05) is 11.3 Å². The van der Waals surface area contributed by atoms with Crippen LogP contribution in [0.3, 0.4) is 0 Å². The van der Waals surface area contributed by atoms with Gasteiger partial charge in [-0.15, -0.1) is 11.3 Å². The first kappa shape index (κ1) is 19.9. The van der Waals surface area contributed by atoms with Crippen LogP contribution in [0.15, 0.2) is 17.5 Å². The number of thiophene rings is 1. The molecule has 1 amide bonds.